The molecule has 14 heavy (non-hydrogen) atoms. The number of nitriles is 1. The van der Waals surface area contributed by atoms with E-state index in [1.54, 1.807) is 19.9 Å². The lowest BCUT2D eigenvalue weighted by Gasteiger charge is -2.30. The average Bonchev–Trinajstić information content (AvgIpc) is 2.02. The van der Waals surface area contributed by atoms with Crippen molar-refractivity contribution in [3.05, 3.63) is 0 Å². The van der Waals surface area contributed by atoms with E-state index < -0.39 is 7.52 Å². The van der Waals surface area contributed by atoms with Crippen molar-refractivity contribution in [2.45, 2.75) is 33.8 Å². The lowest BCUT2D eigenvalue weighted by molar-refractivity contribution is 0.100. The second-order valence-electron chi connectivity index (χ2n) is 4.58. The highest BCUT2D eigenvalue weighted by atomic mass is 31.2. The van der Waals surface area contributed by atoms with Crippen LogP contribution in [0.1, 0.15) is 27.7 Å². The summed E-state index contributed by atoms with van der Waals surface area (Å²) >= 11 is 0. The topological polar surface area (TPSA) is 53.3 Å². The normalized spacial score (nSPS) is 18.7. The third kappa shape index (κ3) is 3.42. The summed E-state index contributed by atoms with van der Waals surface area (Å²) in [4.78, 5) is 0. The molecule has 0 aromatic rings. The molecule has 82 valence electrons. The van der Waals surface area contributed by atoms with Gasteiger partial charge in [0.05, 0.1) is 6.10 Å². The molecule has 2 atom stereocenters. The fraction of sp³-hybridized carbons (Fsp3) is 0.889. The monoisotopic (exact) mass is 218 g/mol. The Morgan fingerprint density at radius 3 is 2.07 bits per heavy atom. The second-order valence-corrected chi connectivity index (χ2v) is 6.83. The molecule has 0 aliphatic carbocycles. The van der Waals surface area contributed by atoms with Crippen molar-refractivity contribution in [2.75, 3.05) is 14.1 Å². The first-order valence-electron chi connectivity index (χ1n) is 4.51. The molecule has 5 heteroatoms. The summed E-state index contributed by atoms with van der Waals surface area (Å²) in [6.45, 7) is 7.77. The van der Waals surface area contributed by atoms with Gasteiger partial charge in [-0.3, -0.25) is 4.57 Å². The van der Waals surface area contributed by atoms with Crippen LogP contribution < -0.4 is 0 Å². The van der Waals surface area contributed by atoms with E-state index in [1.165, 1.54) is 4.67 Å². The predicted molar refractivity (Wildman–Crippen MR) is 56.9 cm³/mol. The standard InChI is InChI=1S/C9H19N2O2P/c1-8(9(2,3)4)13-14(12,7-10)11(5)6/h8H,1-6H3/t8?,14-/m1/s1. The zero-order valence-corrected chi connectivity index (χ0v) is 10.6. The molecule has 0 spiro atoms. The minimum Gasteiger partial charge on any atom is -0.303 e. The molecular formula is C9H19N2O2P. The highest BCUT2D eigenvalue weighted by Gasteiger charge is 2.33. The summed E-state index contributed by atoms with van der Waals surface area (Å²) in [5.41, 5.74) is -0.123. The van der Waals surface area contributed by atoms with E-state index in [0.29, 0.717) is 0 Å². The van der Waals surface area contributed by atoms with Crippen LogP contribution >= 0.6 is 7.52 Å². The predicted octanol–water partition coefficient (Wildman–Crippen LogP) is 2.67. The Hall–Kier alpha value is -0.360. The number of rotatable bonds is 3. The van der Waals surface area contributed by atoms with Gasteiger partial charge in [-0.1, -0.05) is 20.8 Å². The smallest absolute Gasteiger partial charge is 0.303 e. The Kier molecular flexibility index (Phi) is 4.33. The molecule has 0 aromatic carbocycles. The van der Waals surface area contributed by atoms with Gasteiger partial charge in [-0.25, -0.2) is 4.67 Å². The summed E-state index contributed by atoms with van der Waals surface area (Å²) in [5.74, 6) is 1.74. The maximum atomic E-state index is 11.9. The first kappa shape index (κ1) is 13.6. The van der Waals surface area contributed by atoms with Gasteiger partial charge in [0.1, 0.15) is 0 Å². The number of hydrogen-bond donors (Lipinski definition) is 0. The first-order valence-corrected chi connectivity index (χ1v) is 6.09. The summed E-state index contributed by atoms with van der Waals surface area (Å²) in [5, 5.41) is 8.79. The van der Waals surface area contributed by atoms with Crippen molar-refractivity contribution < 1.29 is 9.09 Å². The van der Waals surface area contributed by atoms with Crippen molar-refractivity contribution in [3.8, 4) is 5.81 Å². The van der Waals surface area contributed by atoms with Crippen LogP contribution in [-0.4, -0.2) is 24.9 Å². The van der Waals surface area contributed by atoms with Crippen LogP contribution in [0.2, 0.25) is 0 Å². The van der Waals surface area contributed by atoms with Gasteiger partial charge >= 0.3 is 7.52 Å². The van der Waals surface area contributed by atoms with Gasteiger partial charge in [-0.15, -0.1) is 0 Å². The quantitative estimate of drug-likeness (QED) is 0.683. The van der Waals surface area contributed by atoms with Gasteiger partial charge in [-0.2, -0.15) is 5.26 Å². The SMILES string of the molecule is CC(O[P@](=O)(C#N)N(C)C)C(C)(C)C. The van der Waals surface area contributed by atoms with E-state index >= 15 is 0 Å². The van der Waals surface area contributed by atoms with Gasteiger partial charge in [0.25, 0.3) is 0 Å². The number of nitrogens with zero attached hydrogens (tertiary/aromatic N) is 2. The fourth-order valence-electron chi connectivity index (χ4n) is 0.580. The molecule has 0 aromatic heterocycles. The van der Waals surface area contributed by atoms with E-state index in [-0.39, 0.29) is 11.5 Å². The molecule has 1 unspecified atom stereocenters. The van der Waals surface area contributed by atoms with Crippen LogP contribution in [-0.2, 0) is 9.09 Å². The van der Waals surface area contributed by atoms with E-state index in [4.69, 9.17) is 9.79 Å². The minimum atomic E-state index is -3.29. The van der Waals surface area contributed by atoms with Crippen LogP contribution in [0, 0.1) is 16.5 Å². The maximum absolute atomic E-state index is 11.9. The molecule has 0 aliphatic rings. The average molecular weight is 218 g/mol. The molecule has 4 nitrogen and oxygen atoms in total. The molecule has 0 rings (SSSR count). The van der Waals surface area contributed by atoms with Crippen LogP contribution in [0.25, 0.3) is 0 Å². The summed E-state index contributed by atoms with van der Waals surface area (Å²) in [6, 6.07) is 0. The van der Waals surface area contributed by atoms with Crippen LogP contribution in [0.4, 0.5) is 0 Å². The molecule has 0 amide bonds. The third-order valence-corrected chi connectivity index (χ3v) is 4.08. The van der Waals surface area contributed by atoms with Crippen LogP contribution in [0.5, 0.6) is 0 Å². The lowest BCUT2D eigenvalue weighted by atomic mass is 9.91. The summed E-state index contributed by atoms with van der Waals surface area (Å²) < 4.78 is 18.6. The molecule has 0 saturated carbocycles. The summed E-state index contributed by atoms with van der Waals surface area (Å²) in [6.07, 6.45) is -0.226. The Morgan fingerprint density at radius 1 is 1.43 bits per heavy atom. The molecule has 0 aliphatic heterocycles. The largest absolute Gasteiger partial charge is 0.370 e. The van der Waals surface area contributed by atoms with Crippen molar-refractivity contribution in [2.24, 2.45) is 5.41 Å². The van der Waals surface area contributed by atoms with E-state index in [9.17, 15) is 4.57 Å². The molecular weight excluding hydrogens is 199 g/mol. The summed E-state index contributed by atoms with van der Waals surface area (Å²) in [7, 11) is -0.120. The Balaban J connectivity index is 4.68. The Bertz CT molecular complexity index is 276. The van der Waals surface area contributed by atoms with Gasteiger partial charge in [-0.05, 0) is 26.4 Å². The second kappa shape index (κ2) is 4.44. The van der Waals surface area contributed by atoms with Gasteiger partial charge in [0.2, 0.25) is 0 Å². The lowest BCUT2D eigenvalue weighted by Crippen LogP contribution is -2.27. The van der Waals surface area contributed by atoms with Gasteiger partial charge < -0.3 is 4.52 Å². The first-order chi connectivity index (χ1) is 6.13. The molecule has 0 bridgehead atoms. The molecule has 0 saturated heterocycles. The molecule has 0 N–H and O–H groups in total. The number of hydrogen-bond acceptors (Lipinski definition) is 3. The molecule has 0 radical (unpaired) electrons. The third-order valence-electron chi connectivity index (χ3n) is 2.17. The van der Waals surface area contributed by atoms with Gasteiger partial charge in [0.15, 0.2) is 5.81 Å². The highest BCUT2D eigenvalue weighted by Crippen LogP contribution is 2.50. The van der Waals surface area contributed by atoms with E-state index in [1.807, 2.05) is 27.7 Å². The zero-order chi connectivity index (χ0) is 11.6. The van der Waals surface area contributed by atoms with Gasteiger partial charge in [0, 0.05) is 0 Å². The van der Waals surface area contributed by atoms with Crippen LogP contribution in [0.3, 0.4) is 0 Å². The molecule has 0 fully saturated rings. The fourth-order valence-corrected chi connectivity index (χ4v) is 1.74. The molecule has 0 heterocycles. The maximum Gasteiger partial charge on any atom is 0.370 e. The highest BCUT2D eigenvalue weighted by molar-refractivity contribution is 7.61. The van der Waals surface area contributed by atoms with Crippen LogP contribution in [0.15, 0.2) is 0 Å². The minimum absolute atomic E-state index is 0.123. The Morgan fingerprint density at radius 2 is 1.86 bits per heavy atom. The van der Waals surface area contributed by atoms with Crippen molar-refractivity contribution in [3.63, 3.8) is 0 Å². The van der Waals surface area contributed by atoms with Crippen molar-refractivity contribution in [1.82, 2.24) is 4.67 Å². The van der Waals surface area contributed by atoms with E-state index in [2.05, 4.69) is 0 Å². The van der Waals surface area contributed by atoms with Crippen molar-refractivity contribution in [1.29, 1.82) is 5.26 Å². The Labute approximate surface area is 86.4 Å². The van der Waals surface area contributed by atoms with Crippen molar-refractivity contribution >= 4 is 7.52 Å². The van der Waals surface area contributed by atoms with E-state index in [0.717, 1.165) is 0 Å². The zero-order valence-electron chi connectivity index (χ0n) is 9.74.